The van der Waals surface area contributed by atoms with Crippen molar-refractivity contribution in [3.05, 3.63) is 0 Å². The van der Waals surface area contributed by atoms with Crippen LogP contribution < -0.4 is 5.73 Å². The Balaban J connectivity index is 2.54. The topological polar surface area (TPSA) is 72.6 Å². The molecular formula is C9H17NO3. The third-order valence-corrected chi connectivity index (χ3v) is 2.53. The molecule has 0 amide bonds. The molecule has 1 fully saturated rings. The molecule has 1 rings (SSSR count). The van der Waals surface area contributed by atoms with Gasteiger partial charge in [0.1, 0.15) is 6.04 Å². The SMILES string of the molecule is CC1CC(C(N)C(=O)O)CC(C)O1. The number of nitrogens with two attached hydrogens (primary N) is 1. The molecule has 1 saturated heterocycles. The van der Waals surface area contributed by atoms with E-state index in [1.807, 2.05) is 13.8 Å². The second-order valence-electron chi connectivity index (χ2n) is 3.85. The van der Waals surface area contributed by atoms with Crippen LogP contribution in [-0.4, -0.2) is 29.3 Å². The summed E-state index contributed by atoms with van der Waals surface area (Å²) in [5.41, 5.74) is 5.56. The van der Waals surface area contributed by atoms with Gasteiger partial charge < -0.3 is 15.6 Å². The van der Waals surface area contributed by atoms with Gasteiger partial charge in [-0.3, -0.25) is 4.79 Å². The first-order chi connectivity index (χ1) is 6.00. The van der Waals surface area contributed by atoms with Gasteiger partial charge in [-0.25, -0.2) is 0 Å². The molecule has 3 atom stereocenters. The van der Waals surface area contributed by atoms with Gasteiger partial charge in [-0.05, 0) is 32.6 Å². The minimum absolute atomic E-state index is 0.0521. The van der Waals surface area contributed by atoms with Gasteiger partial charge in [-0.1, -0.05) is 0 Å². The van der Waals surface area contributed by atoms with Crippen molar-refractivity contribution in [2.24, 2.45) is 11.7 Å². The summed E-state index contributed by atoms with van der Waals surface area (Å²) < 4.78 is 5.50. The van der Waals surface area contributed by atoms with Crippen molar-refractivity contribution in [3.8, 4) is 0 Å². The van der Waals surface area contributed by atoms with Gasteiger partial charge >= 0.3 is 5.97 Å². The lowest BCUT2D eigenvalue weighted by molar-refractivity contribution is -0.142. The maximum atomic E-state index is 10.6. The summed E-state index contributed by atoms with van der Waals surface area (Å²) in [6, 6.07) is -0.742. The van der Waals surface area contributed by atoms with Crippen LogP contribution in [0.25, 0.3) is 0 Å². The highest BCUT2D eigenvalue weighted by Gasteiger charge is 2.31. The van der Waals surface area contributed by atoms with Crippen LogP contribution in [0.4, 0.5) is 0 Å². The van der Waals surface area contributed by atoms with Crippen LogP contribution in [0.5, 0.6) is 0 Å². The normalized spacial score (nSPS) is 37.0. The Kier molecular flexibility index (Phi) is 3.27. The third kappa shape index (κ3) is 2.67. The zero-order chi connectivity index (χ0) is 10.0. The maximum Gasteiger partial charge on any atom is 0.320 e. The molecule has 4 heteroatoms. The van der Waals surface area contributed by atoms with E-state index in [-0.39, 0.29) is 18.1 Å². The molecule has 3 N–H and O–H groups in total. The predicted molar refractivity (Wildman–Crippen MR) is 48.3 cm³/mol. The Bertz CT molecular complexity index is 185. The largest absolute Gasteiger partial charge is 0.480 e. The zero-order valence-electron chi connectivity index (χ0n) is 8.06. The molecule has 3 unspecified atom stereocenters. The monoisotopic (exact) mass is 187 g/mol. The lowest BCUT2D eigenvalue weighted by Crippen LogP contribution is -2.44. The van der Waals surface area contributed by atoms with E-state index in [4.69, 9.17) is 15.6 Å². The number of ether oxygens (including phenoxy) is 1. The van der Waals surface area contributed by atoms with Crippen molar-refractivity contribution in [3.63, 3.8) is 0 Å². The average Bonchev–Trinajstić information content (AvgIpc) is 2.01. The first kappa shape index (κ1) is 10.5. The van der Waals surface area contributed by atoms with Gasteiger partial charge in [-0.2, -0.15) is 0 Å². The number of carboxylic acid groups (broad SMARTS) is 1. The van der Waals surface area contributed by atoms with Crippen molar-refractivity contribution in [1.82, 2.24) is 0 Å². The molecule has 0 spiro atoms. The van der Waals surface area contributed by atoms with Gasteiger partial charge in [0, 0.05) is 0 Å². The van der Waals surface area contributed by atoms with Crippen LogP contribution in [0.1, 0.15) is 26.7 Å². The Morgan fingerprint density at radius 2 is 1.92 bits per heavy atom. The van der Waals surface area contributed by atoms with E-state index in [2.05, 4.69) is 0 Å². The zero-order valence-corrected chi connectivity index (χ0v) is 8.06. The highest BCUT2D eigenvalue weighted by Crippen LogP contribution is 2.26. The molecule has 0 aliphatic carbocycles. The van der Waals surface area contributed by atoms with E-state index in [0.717, 1.165) is 12.8 Å². The highest BCUT2D eigenvalue weighted by atomic mass is 16.5. The minimum Gasteiger partial charge on any atom is -0.480 e. The van der Waals surface area contributed by atoms with E-state index < -0.39 is 12.0 Å². The van der Waals surface area contributed by atoms with E-state index in [0.29, 0.717) is 0 Å². The standard InChI is InChI=1S/C9H17NO3/c1-5-3-7(4-6(2)13-5)8(10)9(11)12/h5-8H,3-4,10H2,1-2H3,(H,11,12). The van der Waals surface area contributed by atoms with E-state index in [1.54, 1.807) is 0 Å². The van der Waals surface area contributed by atoms with Crippen molar-refractivity contribution in [2.75, 3.05) is 0 Å². The highest BCUT2D eigenvalue weighted by molar-refractivity contribution is 5.73. The molecule has 1 aliphatic rings. The van der Waals surface area contributed by atoms with Crippen LogP contribution >= 0.6 is 0 Å². The minimum atomic E-state index is -0.911. The molecule has 0 aromatic heterocycles. The van der Waals surface area contributed by atoms with Crippen molar-refractivity contribution < 1.29 is 14.6 Å². The summed E-state index contributed by atoms with van der Waals surface area (Å²) in [5.74, 6) is -0.859. The Morgan fingerprint density at radius 1 is 1.46 bits per heavy atom. The van der Waals surface area contributed by atoms with Crippen molar-refractivity contribution in [2.45, 2.75) is 44.9 Å². The predicted octanol–water partition coefficient (Wildman–Crippen LogP) is 0.602. The molecule has 0 bridgehead atoms. The summed E-state index contributed by atoms with van der Waals surface area (Å²) in [4.78, 5) is 10.6. The summed E-state index contributed by atoms with van der Waals surface area (Å²) in [6.45, 7) is 3.91. The fourth-order valence-corrected chi connectivity index (χ4v) is 1.95. The lowest BCUT2D eigenvalue weighted by Gasteiger charge is -2.33. The number of hydrogen-bond acceptors (Lipinski definition) is 3. The van der Waals surface area contributed by atoms with Gasteiger partial charge in [0.2, 0.25) is 0 Å². The first-order valence-corrected chi connectivity index (χ1v) is 4.64. The Morgan fingerprint density at radius 3 is 2.31 bits per heavy atom. The Labute approximate surface area is 78.1 Å². The molecule has 0 saturated carbocycles. The molecular weight excluding hydrogens is 170 g/mol. The lowest BCUT2D eigenvalue weighted by atomic mass is 9.87. The number of aliphatic carboxylic acids is 1. The summed E-state index contributed by atoms with van der Waals surface area (Å²) in [6.07, 6.45) is 1.74. The molecule has 1 heterocycles. The maximum absolute atomic E-state index is 10.6. The molecule has 0 aromatic carbocycles. The van der Waals surface area contributed by atoms with Crippen LogP contribution in [0.15, 0.2) is 0 Å². The molecule has 13 heavy (non-hydrogen) atoms. The fourth-order valence-electron chi connectivity index (χ4n) is 1.95. The smallest absolute Gasteiger partial charge is 0.320 e. The third-order valence-electron chi connectivity index (χ3n) is 2.53. The molecule has 4 nitrogen and oxygen atoms in total. The fraction of sp³-hybridized carbons (Fsp3) is 0.889. The van der Waals surface area contributed by atoms with Gasteiger partial charge in [0.05, 0.1) is 12.2 Å². The van der Waals surface area contributed by atoms with Crippen LogP contribution in [0.2, 0.25) is 0 Å². The second kappa shape index (κ2) is 4.07. The van der Waals surface area contributed by atoms with Crippen molar-refractivity contribution in [1.29, 1.82) is 0 Å². The molecule has 0 aromatic rings. The number of rotatable bonds is 2. The summed E-state index contributed by atoms with van der Waals surface area (Å²) in [7, 11) is 0. The number of hydrogen-bond donors (Lipinski definition) is 2. The van der Waals surface area contributed by atoms with E-state index >= 15 is 0 Å². The summed E-state index contributed by atoms with van der Waals surface area (Å²) in [5, 5.41) is 8.74. The van der Waals surface area contributed by atoms with Crippen LogP contribution in [0.3, 0.4) is 0 Å². The van der Waals surface area contributed by atoms with Crippen LogP contribution in [-0.2, 0) is 9.53 Å². The molecule has 0 radical (unpaired) electrons. The van der Waals surface area contributed by atoms with E-state index in [9.17, 15) is 4.79 Å². The number of carboxylic acids is 1. The Hall–Kier alpha value is -0.610. The second-order valence-corrected chi connectivity index (χ2v) is 3.85. The molecule has 1 aliphatic heterocycles. The van der Waals surface area contributed by atoms with Gasteiger partial charge in [0.25, 0.3) is 0 Å². The van der Waals surface area contributed by atoms with Gasteiger partial charge in [0.15, 0.2) is 0 Å². The first-order valence-electron chi connectivity index (χ1n) is 4.64. The number of carbonyl (C=O) groups is 1. The van der Waals surface area contributed by atoms with Gasteiger partial charge in [-0.15, -0.1) is 0 Å². The van der Waals surface area contributed by atoms with Crippen LogP contribution in [0, 0.1) is 5.92 Å². The van der Waals surface area contributed by atoms with Crippen molar-refractivity contribution >= 4 is 5.97 Å². The quantitative estimate of drug-likeness (QED) is 0.664. The van der Waals surface area contributed by atoms with E-state index in [1.165, 1.54) is 0 Å². The average molecular weight is 187 g/mol. The molecule has 76 valence electrons. The summed E-state index contributed by atoms with van der Waals surface area (Å²) >= 11 is 0.